The minimum atomic E-state index is -0.146. The quantitative estimate of drug-likeness (QED) is 0.698. The lowest BCUT2D eigenvalue weighted by molar-refractivity contribution is -0.118. The molecule has 2 aromatic rings. The number of carbonyl (C=O) groups is 1. The molecule has 1 N–H and O–H groups in total. The Bertz CT molecular complexity index is 727. The number of anilines is 1. The first kappa shape index (κ1) is 20.0. The fourth-order valence-corrected chi connectivity index (χ4v) is 2.84. The molecule has 2 aromatic carbocycles. The molecule has 0 spiro atoms. The van der Waals surface area contributed by atoms with Crippen molar-refractivity contribution in [2.75, 3.05) is 11.9 Å². The van der Waals surface area contributed by atoms with E-state index in [1.807, 2.05) is 25.1 Å². The van der Waals surface area contributed by atoms with Crippen LogP contribution in [-0.2, 0) is 16.6 Å². The van der Waals surface area contributed by atoms with Crippen LogP contribution in [0.2, 0.25) is 0 Å². The van der Waals surface area contributed by atoms with Gasteiger partial charge in [-0.1, -0.05) is 58.4 Å². The molecule has 26 heavy (non-hydrogen) atoms. The van der Waals surface area contributed by atoms with E-state index >= 15 is 0 Å². The van der Waals surface area contributed by atoms with Gasteiger partial charge in [-0.25, -0.2) is 0 Å². The number of ether oxygens (including phenoxy) is 1. The number of aryl methyl sites for hydroxylation is 2. The van der Waals surface area contributed by atoms with Crippen LogP contribution in [0.1, 0.15) is 57.2 Å². The van der Waals surface area contributed by atoms with Crippen LogP contribution in [0, 0.1) is 6.92 Å². The number of carbonyl (C=O) groups excluding carboxylic acids is 1. The highest BCUT2D eigenvalue weighted by atomic mass is 16.5. The molecular formula is C23H31NO2. The molecule has 2 rings (SSSR count). The van der Waals surface area contributed by atoms with Gasteiger partial charge >= 0.3 is 0 Å². The number of unbranched alkanes of at least 4 members (excludes halogenated alkanes) is 1. The van der Waals surface area contributed by atoms with Crippen LogP contribution in [0.15, 0.2) is 42.5 Å². The van der Waals surface area contributed by atoms with Gasteiger partial charge in [0.15, 0.2) is 6.61 Å². The molecule has 0 saturated carbocycles. The Morgan fingerprint density at radius 1 is 1.08 bits per heavy atom. The zero-order chi connectivity index (χ0) is 19.2. The van der Waals surface area contributed by atoms with Crippen molar-refractivity contribution in [2.45, 2.75) is 59.3 Å². The highest BCUT2D eigenvalue weighted by Gasteiger charge is 2.19. The van der Waals surface area contributed by atoms with Gasteiger partial charge < -0.3 is 10.1 Å². The zero-order valence-corrected chi connectivity index (χ0v) is 16.7. The Kier molecular flexibility index (Phi) is 6.84. The maximum Gasteiger partial charge on any atom is 0.262 e. The summed E-state index contributed by atoms with van der Waals surface area (Å²) in [5.41, 5.74) is 4.30. The van der Waals surface area contributed by atoms with E-state index in [2.05, 4.69) is 57.3 Å². The first-order valence-corrected chi connectivity index (χ1v) is 9.42. The maximum atomic E-state index is 12.3. The Hall–Kier alpha value is -2.29. The SMILES string of the molecule is CCCCc1ccc(NC(=O)COc2cc(C)ccc2C(C)(C)C)cc1. The van der Waals surface area contributed by atoms with Crippen LogP contribution in [0.25, 0.3) is 0 Å². The molecule has 0 bridgehead atoms. The van der Waals surface area contributed by atoms with E-state index in [1.165, 1.54) is 18.4 Å². The number of hydrogen-bond donors (Lipinski definition) is 1. The van der Waals surface area contributed by atoms with Gasteiger partial charge in [0.1, 0.15) is 5.75 Å². The van der Waals surface area contributed by atoms with Crippen molar-refractivity contribution < 1.29 is 9.53 Å². The topological polar surface area (TPSA) is 38.3 Å². The molecule has 0 fully saturated rings. The molecule has 3 nitrogen and oxygen atoms in total. The van der Waals surface area contributed by atoms with E-state index in [0.717, 1.165) is 29.0 Å². The van der Waals surface area contributed by atoms with Crippen molar-refractivity contribution in [1.29, 1.82) is 0 Å². The van der Waals surface area contributed by atoms with Gasteiger partial charge in [0, 0.05) is 5.69 Å². The lowest BCUT2D eigenvalue weighted by Crippen LogP contribution is -2.22. The Morgan fingerprint density at radius 2 is 1.77 bits per heavy atom. The average Bonchev–Trinajstić information content (AvgIpc) is 2.58. The predicted octanol–water partition coefficient (Wildman–Crippen LogP) is 5.65. The predicted molar refractivity (Wildman–Crippen MR) is 109 cm³/mol. The summed E-state index contributed by atoms with van der Waals surface area (Å²) in [5.74, 6) is 0.634. The standard InChI is InChI=1S/C23H31NO2/c1-6-7-8-18-10-12-19(13-11-18)24-22(25)16-26-21-15-17(2)9-14-20(21)23(3,4)5/h9-15H,6-8,16H2,1-5H3,(H,24,25). The van der Waals surface area contributed by atoms with Gasteiger partial charge in [-0.2, -0.15) is 0 Å². The van der Waals surface area contributed by atoms with Crippen molar-refractivity contribution in [1.82, 2.24) is 0 Å². The smallest absolute Gasteiger partial charge is 0.262 e. The molecule has 0 aliphatic rings. The average molecular weight is 354 g/mol. The fourth-order valence-electron chi connectivity index (χ4n) is 2.84. The summed E-state index contributed by atoms with van der Waals surface area (Å²) < 4.78 is 5.84. The fraction of sp³-hybridized carbons (Fsp3) is 0.435. The van der Waals surface area contributed by atoms with E-state index in [9.17, 15) is 4.79 Å². The first-order valence-electron chi connectivity index (χ1n) is 9.42. The van der Waals surface area contributed by atoms with Crippen molar-refractivity contribution in [3.05, 3.63) is 59.2 Å². The maximum absolute atomic E-state index is 12.3. The van der Waals surface area contributed by atoms with Gasteiger partial charge in [-0.3, -0.25) is 4.79 Å². The molecular weight excluding hydrogens is 322 g/mol. The van der Waals surface area contributed by atoms with E-state index in [4.69, 9.17) is 4.74 Å². The van der Waals surface area contributed by atoms with E-state index < -0.39 is 0 Å². The highest BCUT2D eigenvalue weighted by Crippen LogP contribution is 2.32. The van der Waals surface area contributed by atoms with Gasteiger partial charge in [0.25, 0.3) is 5.91 Å². The van der Waals surface area contributed by atoms with E-state index in [1.54, 1.807) is 0 Å². The minimum Gasteiger partial charge on any atom is -0.483 e. The minimum absolute atomic E-state index is 0.00409. The van der Waals surface area contributed by atoms with E-state index in [0.29, 0.717) is 0 Å². The third kappa shape index (κ3) is 5.91. The van der Waals surface area contributed by atoms with Crippen molar-refractivity contribution in [3.8, 4) is 5.75 Å². The molecule has 0 aliphatic carbocycles. The second kappa shape index (κ2) is 8.88. The number of benzene rings is 2. The van der Waals surface area contributed by atoms with Gasteiger partial charge in [-0.05, 0) is 60.1 Å². The number of nitrogens with one attached hydrogen (secondary N) is 1. The number of hydrogen-bond acceptors (Lipinski definition) is 2. The number of rotatable bonds is 7. The molecule has 0 unspecified atom stereocenters. The molecule has 0 atom stereocenters. The molecule has 0 heterocycles. The van der Waals surface area contributed by atoms with Crippen LogP contribution in [0.4, 0.5) is 5.69 Å². The van der Waals surface area contributed by atoms with Crippen LogP contribution in [0.3, 0.4) is 0 Å². The third-order valence-corrected chi connectivity index (χ3v) is 4.36. The summed E-state index contributed by atoms with van der Waals surface area (Å²) in [5, 5.41) is 2.90. The largest absolute Gasteiger partial charge is 0.483 e. The molecule has 0 radical (unpaired) electrons. The summed E-state index contributed by atoms with van der Waals surface area (Å²) in [4.78, 5) is 12.3. The molecule has 0 saturated heterocycles. The summed E-state index contributed by atoms with van der Waals surface area (Å²) in [7, 11) is 0. The summed E-state index contributed by atoms with van der Waals surface area (Å²) in [6.07, 6.45) is 3.45. The third-order valence-electron chi connectivity index (χ3n) is 4.36. The van der Waals surface area contributed by atoms with Gasteiger partial charge in [0.2, 0.25) is 0 Å². The zero-order valence-electron chi connectivity index (χ0n) is 16.7. The van der Waals surface area contributed by atoms with Crippen molar-refractivity contribution in [2.24, 2.45) is 0 Å². The highest BCUT2D eigenvalue weighted by molar-refractivity contribution is 5.91. The van der Waals surface area contributed by atoms with Gasteiger partial charge in [-0.15, -0.1) is 0 Å². The Labute approximate surface area is 157 Å². The number of amides is 1. The molecule has 3 heteroatoms. The summed E-state index contributed by atoms with van der Waals surface area (Å²) in [6.45, 7) is 10.7. The molecule has 1 amide bonds. The lowest BCUT2D eigenvalue weighted by Gasteiger charge is -2.23. The van der Waals surface area contributed by atoms with Gasteiger partial charge in [0.05, 0.1) is 0 Å². The normalized spacial score (nSPS) is 11.3. The van der Waals surface area contributed by atoms with Crippen LogP contribution in [0.5, 0.6) is 5.75 Å². The van der Waals surface area contributed by atoms with Crippen LogP contribution in [-0.4, -0.2) is 12.5 Å². The lowest BCUT2D eigenvalue weighted by atomic mass is 9.86. The molecule has 0 aliphatic heterocycles. The summed E-state index contributed by atoms with van der Waals surface area (Å²) in [6, 6.07) is 14.2. The molecule has 140 valence electrons. The molecule has 0 aromatic heterocycles. The Morgan fingerprint density at radius 3 is 2.38 bits per heavy atom. The second-order valence-electron chi connectivity index (χ2n) is 7.89. The van der Waals surface area contributed by atoms with Crippen molar-refractivity contribution in [3.63, 3.8) is 0 Å². The van der Waals surface area contributed by atoms with Crippen LogP contribution < -0.4 is 10.1 Å². The second-order valence-corrected chi connectivity index (χ2v) is 7.89. The Balaban J connectivity index is 1.96. The summed E-state index contributed by atoms with van der Waals surface area (Å²) >= 11 is 0. The van der Waals surface area contributed by atoms with Crippen molar-refractivity contribution >= 4 is 11.6 Å². The first-order chi connectivity index (χ1) is 12.3. The monoisotopic (exact) mass is 353 g/mol. The van der Waals surface area contributed by atoms with Crippen LogP contribution >= 0.6 is 0 Å². The van der Waals surface area contributed by atoms with E-state index in [-0.39, 0.29) is 17.9 Å².